The van der Waals surface area contributed by atoms with E-state index in [9.17, 15) is 24.2 Å². The van der Waals surface area contributed by atoms with Crippen molar-refractivity contribution in [2.75, 3.05) is 34.5 Å². The lowest BCUT2D eigenvalue weighted by atomic mass is 10.0. The molecule has 2 atom stereocenters. The second kappa shape index (κ2) is 17.9. The first-order valence-corrected chi connectivity index (χ1v) is 12.7. The van der Waals surface area contributed by atoms with E-state index in [0.29, 0.717) is 35.9 Å². The fourth-order valence-electron chi connectivity index (χ4n) is 2.18. The average Bonchev–Trinajstić information content (AvgIpc) is 2.66. The third-order valence-electron chi connectivity index (χ3n) is 3.63. The van der Waals surface area contributed by atoms with Gasteiger partial charge < -0.3 is 24.5 Å². The van der Waals surface area contributed by atoms with Crippen molar-refractivity contribution in [1.29, 1.82) is 0 Å². The molecule has 0 radical (unpaired) electrons. The van der Waals surface area contributed by atoms with Crippen LogP contribution in [0.5, 0.6) is 0 Å². The molecule has 0 amide bonds. The van der Waals surface area contributed by atoms with E-state index in [1.807, 2.05) is 0 Å². The first-order valence-electron chi connectivity index (χ1n) is 9.16. The molecule has 0 spiro atoms. The zero-order chi connectivity index (χ0) is 22.9. The Bertz CT molecular complexity index is 507. The molecular weight excluding hydrogens is 475 g/mol. The third-order valence-corrected chi connectivity index (χ3v) is 6.83. The third kappa shape index (κ3) is 13.6. The zero-order valence-corrected chi connectivity index (χ0v) is 19.7. The van der Waals surface area contributed by atoms with E-state index in [1.165, 1.54) is 0 Å². The highest BCUT2D eigenvalue weighted by molar-refractivity contribution is 8.00. The summed E-state index contributed by atoms with van der Waals surface area (Å²) in [6.45, 7) is 0. The molecule has 172 valence electrons. The molecule has 0 saturated carbocycles. The van der Waals surface area contributed by atoms with Gasteiger partial charge in [-0.25, -0.2) is 0 Å². The van der Waals surface area contributed by atoms with Crippen molar-refractivity contribution >= 4 is 80.0 Å². The molecule has 0 aromatic carbocycles. The van der Waals surface area contributed by atoms with Crippen LogP contribution in [0.3, 0.4) is 0 Å². The second-order valence-corrected chi connectivity index (χ2v) is 9.26. The number of hydrogen-bond donors (Lipinski definition) is 5. The number of aliphatic carboxylic acids is 2. The molecule has 3 N–H and O–H groups in total. The van der Waals surface area contributed by atoms with Gasteiger partial charge in [0.15, 0.2) is 11.8 Å². The second-order valence-electron chi connectivity index (χ2n) is 5.92. The van der Waals surface area contributed by atoms with E-state index >= 15 is 0 Å². The molecule has 0 aliphatic carbocycles. The van der Waals surface area contributed by atoms with Gasteiger partial charge in [-0.2, -0.15) is 48.8 Å². The molecule has 9 nitrogen and oxygen atoms in total. The summed E-state index contributed by atoms with van der Waals surface area (Å²) in [5.41, 5.74) is 0. The first-order chi connectivity index (χ1) is 14.2. The smallest absolute Gasteiger partial charge is 0.481 e. The largest absolute Gasteiger partial charge is 0.789 e. The molecule has 0 aromatic heterocycles. The summed E-state index contributed by atoms with van der Waals surface area (Å²) in [4.78, 5) is 46.5. The number of carboxylic acids is 2. The van der Waals surface area contributed by atoms with Crippen LogP contribution in [0.15, 0.2) is 0 Å². The fourth-order valence-corrected chi connectivity index (χ4v) is 4.37. The summed E-state index contributed by atoms with van der Waals surface area (Å²) in [6, 6.07) is 0. The van der Waals surface area contributed by atoms with Crippen molar-refractivity contribution < 1.29 is 43.7 Å². The van der Waals surface area contributed by atoms with Gasteiger partial charge in [-0.15, -0.1) is 0 Å². The topological polar surface area (TPSA) is 147 Å². The molecule has 0 rings (SSSR count). The predicted octanol–water partition coefficient (Wildman–Crippen LogP) is 1.34. The highest BCUT2D eigenvalue weighted by atomic mass is 32.2. The molecule has 0 bridgehead atoms. The van der Waals surface area contributed by atoms with E-state index < -0.39 is 43.0 Å². The van der Waals surface area contributed by atoms with Crippen LogP contribution < -0.4 is 0 Å². The summed E-state index contributed by atoms with van der Waals surface area (Å²) in [5, 5.41) is 28.0. The monoisotopic (exact) mass is 502 g/mol. The summed E-state index contributed by atoms with van der Waals surface area (Å²) in [7, 11) is -2.38. The molecular formula is C16H27BO9S4. The Labute approximate surface area is 195 Å². The fraction of sp³-hybridized carbons (Fsp3) is 0.750. The summed E-state index contributed by atoms with van der Waals surface area (Å²) in [6.07, 6.45) is 0.811. The standard InChI is InChI=1S/C16H27BO9S4/c18-13(19)11(3-1-7-29-9-5-27)15(22)25-17(24)26-16(23)12(14(20)21)4-2-8-30-10-6-28/h11-12,24,27-28H,1-10H2,(H,18,19)(H,20,21). The number of carboxylic acid groups (broad SMARTS) is 2. The van der Waals surface area contributed by atoms with Crippen LogP contribution in [0.4, 0.5) is 0 Å². The van der Waals surface area contributed by atoms with Crippen molar-refractivity contribution in [3.63, 3.8) is 0 Å². The molecule has 0 saturated heterocycles. The molecule has 30 heavy (non-hydrogen) atoms. The van der Waals surface area contributed by atoms with E-state index in [-0.39, 0.29) is 12.8 Å². The normalized spacial score (nSPS) is 12.6. The lowest BCUT2D eigenvalue weighted by Crippen LogP contribution is -2.37. The number of carbonyl (C=O) groups is 4. The molecule has 14 heteroatoms. The van der Waals surface area contributed by atoms with Crippen molar-refractivity contribution in [2.45, 2.75) is 25.7 Å². The Hall–Kier alpha value is -0.695. The summed E-state index contributed by atoms with van der Waals surface area (Å²) >= 11 is 11.2. The summed E-state index contributed by atoms with van der Waals surface area (Å²) < 4.78 is 8.96. The van der Waals surface area contributed by atoms with Gasteiger partial charge in [-0.05, 0) is 48.7 Å². The van der Waals surface area contributed by atoms with E-state index in [4.69, 9.17) is 10.2 Å². The SMILES string of the molecule is O=C(O)C(CCCSCCS)C(=O)OB(O)OC(=O)C(CCCSCCS)C(=O)O. The summed E-state index contributed by atoms with van der Waals surface area (Å²) in [5.74, 6) is -4.27. The van der Waals surface area contributed by atoms with Crippen LogP contribution in [-0.2, 0) is 28.5 Å². The van der Waals surface area contributed by atoms with E-state index in [0.717, 1.165) is 11.5 Å². The minimum Gasteiger partial charge on any atom is -0.481 e. The highest BCUT2D eigenvalue weighted by Gasteiger charge is 2.37. The van der Waals surface area contributed by atoms with Crippen LogP contribution in [0.25, 0.3) is 0 Å². The predicted molar refractivity (Wildman–Crippen MR) is 123 cm³/mol. The minimum atomic E-state index is -2.38. The van der Waals surface area contributed by atoms with Crippen LogP contribution in [0.2, 0.25) is 0 Å². The number of carbonyl (C=O) groups excluding carboxylic acids is 2. The number of thiol groups is 2. The van der Waals surface area contributed by atoms with E-state index in [1.54, 1.807) is 23.5 Å². The Morgan fingerprint density at radius 1 is 0.767 bits per heavy atom. The van der Waals surface area contributed by atoms with E-state index in [2.05, 4.69) is 34.6 Å². The number of thioether (sulfide) groups is 2. The Kier molecular flexibility index (Phi) is 17.5. The van der Waals surface area contributed by atoms with Gasteiger partial charge in [0.1, 0.15) is 0 Å². The zero-order valence-electron chi connectivity index (χ0n) is 16.3. The van der Waals surface area contributed by atoms with Gasteiger partial charge in [0, 0.05) is 11.5 Å². The van der Waals surface area contributed by atoms with Gasteiger partial charge >= 0.3 is 31.2 Å². The maximum absolute atomic E-state index is 12.0. The van der Waals surface area contributed by atoms with Crippen LogP contribution >= 0.6 is 48.8 Å². The number of rotatable bonds is 18. The molecule has 0 aromatic rings. The lowest BCUT2D eigenvalue weighted by Gasteiger charge is -2.16. The molecule has 0 aliphatic heterocycles. The van der Waals surface area contributed by atoms with Crippen molar-refractivity contribution in [3.05, 3.63) is 0 Å². The average molecular weight is 502 g/mol. The van der Waals surface area contributed by atoms with Crippen LogP contribution in [-0.4, -0.2) is 81.0 Å². The number of hydrogen-bond acceptors (Lipinski definition) is 11. The lowest BCUT2D eigenvalue weighted by molar-refractivity contribution is -0.156. The van der Waals surface area contributed by atoms with Gasteiger partial charge in [0.25, 0.3) is 0 Å². The Morgan fingerprint density at radius 3 is 1.43 bits per heavy atom. The maximum atomic E-state index is 12.0. The van der Waals surface area contributed by atoms with Crippen molar-refractivity contribution in [2.24, 2.45) is 11.8 Å². The minimum absolute atomic E-state index is 0.0178. The Balaban J connectivity index is 4.55. The van der Waals surface area contributed by atoms with Gasteiger partial charge in [-0.3, -0.25) is 19.2 Å². The van der Waals surface area contributed by atoms with Crippen LogP contribution in [0.1, 0.15) is 25.7 Å². The van der Waals surface area contributed by atoms with Gasteiger partial charge in [0.2, 0.25) is 0 Å². The van der Waals surface area contributed by atoms with Crippen LogP contribution in [0, 0.1) is 11.8 Å². The Morgan fingerprint density at radius 2 is 1.13 bits per heavy atom. The molecule has 0 heterocycles. The molecule has 0 fully saturated rings. The van der Waals surface area contributed by atoms with Gasteiger partial charge in [-0.1, -0.05) is 0 Å². The molecule has 0 aliphatic rings. The van der Waals surface area contributed by atoms with Crippen molar-refractivity contribution in [1.82, 2.24) is 0 Å². The van der Waals surface area contributed by atoms with Crippen molar-refractivity contribution in [3.8, 4) is 0 Å². The quantitative estimate of drug-likeness (QED) is 0.0800. The van der Waals surface area contributed by atoms with Gasteiger partial charge in [0.05, 0.1) is 0 Å². The first kappa shape index (κ1) is 29.3. The highest BCUT2D eigenvalue weighted by Crippen LogP contribution is 2.16. The molecule has 2 unspecified atom stereocenters. The maximum Gasteiger partial charge on any atom is 0.789 e.